The molecule has 5 nitrogen and oxygen atoms in total. The normalized spacial score (nSPS) is 28.9. The Morgan fingerprint density at radius 3 is 2.62 bits per heavy atom. The highest BCUT2D eigenvalue weighted by atomic mass is 19.2. The van der Waals surface area contributed by atoms with Gasteiger partial charge in [0.1, 0.15) is 11.7 Å². The number of rotatable bonds is 3. The Kier molecular flexibility index (Phi) is 4.68. The van der Waals surface area contributed by atoms with Crippen molar-refractivity contribution in [2.24, 2.45) is 23.5 Å². The number of hydrogen-bond donors (Lipinski definition) is 2. The minimum atomic E-state index is -1.35. The van der Waals surface area contributed by atoms with Crippen molar-refractivity contribution in [2.45, 2.75) is 19.8 Å². The molecule has 1 aliphatic carbocycles. The van der Waals surface area contributed by atoms with Crippen molar-refractivity contribution in [1.29, 1.82) is 0 Å². The molecule has 0 aromatic rings. The third kappa shape index (κ3) is 2.73. The molecule has 3 N–H and O–H groups in total. The summed E-state index contributed by atoms with van der Waals surface area (Å²) in [6, 6.07) is 0. The number of likely N-dealkylation sites (tertiary alicyclic amines) is 1. The topological polar surface area (TPSA) is 75.4 Å². The molecule has 2 heterocycles. The smallest absolute Gasteiger partial charge is 0.253 e. The van der Waals surface area contributed by atoms with Crippen molar-refractivity contribution in [3.05, 3.63) is 47.1 Å². The minimum absolute atomic E-state index is 0.0384. The predicted octanol–water partition coefficient (Wildman–Crippen LogP) is 2.35. The molecule has 2 unspecified atom stereocenters. The SMILES string of the molecule is C=CC(=O)N1CCC[C@@H](C2C(F)=C(F)C(C(N)=O)=C3NC(C)=C(F)C32)C1. The number of halogens is 3. The van der Waals surface area contributed by atoms with Gasteiger partial charge in [-0.1, -0.05) is 6.58 Å². The number of carbonyl (C=O) groups excluding carboxylic acids is 2. The summed E-state index contributed by atoms with van der Waals surface area (Å²) in [5, 5.41) is 2.65. The Morgan fingerprint density at radius 2 is 2.00 bits per heavy atom. The molecule has 0 spiro atoms. The second-order valence-electron chi connectivity index (χ2n) is 6.81. The zero-order chi connectivity index (χ0) is 19.2. The molecule has 3 rings (SSSR count). The van der Waals surface area contributed by atoms with Crippen LogP contribution in [0.15, 0.2) is 47.1 Å². The third-order valence-corrected chi connectivity index (χ3v) is 5.31. The van der Waals surface area contributed by atoms with Crippen LogP contribution >= 0.6 is 0 Å². The molecule has 8 heteroatoms. The lowest BCUT2D eigenvalue weighted by Crippen LogP contribution is -2.44. The van der Waals surface area contributed by atoms with Crippen LogP contribution in [-0.2, 0) is 9.59 Å². The molecule has 0 aromatic carbocycles. The summed E-state index contributed by atoms with van der Waals surface area (Å²) in [6.45, 7) is 5.51. The van der Waals surface area contributed by atoms with Crippen LogP contribution in [0, 0.1) is 17.8 Å². The number of fused-ring (bicyclic) bond motifs is 1. The van der Waals surface area contributed by atoms with Gasteiger partial charge in [0.25, 0.3) is 5.91 Å². The predicted molar refractivity (Wildman–Crippen MR) is 88.9 cm³/mol. The summed E-state index contributed by atoms with van der Waals surface area (Å²) in [5.41, 5.74) is 4.60. The number of nitrogens with two attached hydrogens (primary N) is 1. The molecule has 3 aliphatic rings. The summed E-state index contributed by atoms with van der Waals surface area (Å²) in [7, 11) is 0. The van der Waals surface area contributed by atoms with Crippen molar-refractivity contribution in [3.8, 4) is 0 Å². The number of nitrogens with zero attached hydrogens (tertiary/aromatic N) is 1. The molecule has 0 aromatic heterocycles. The van der Waals surface area contributed by atoms with Crippen LogP contribution in [0.5, 0.6) is 0 Å². The average Bonchev–Trinajstić information content (AvgIpc) is 2.89. The Morgan fingerprint density at radius 1 is 1.31 bits per heavy atom. The molecule has 1 fully saturated rings. The lowest BCUT2D eigenvalue weighted by atomic mass is 9.72. The van der Waals surface area contributed by atoms with E-state index >= 15 is 0 Å². The van der Waals surface area contributed by atoms with Gasteiger partial charge in [-0.15, -0.1) is 0 Å². The monoisotopic (exact) mass is 367 g/mol. The van der Waals surface area contributed by atoms with Crippen molar-refractivity contribution < 1.29 is 22.8 Å². The number of allylic oxidation sites excluding steroid dienone is 3. The van der Waals surface area contributed by atoms with Crippen LogP contribution in [0.1, 0.15) is 19.8 Å². The number of nitrogens with one attached hydrogen (secondary N) is 1. The van der Waals surface area contributed by atoms with Crippen LogP contribution < -0.4 is 11.1 Å². The maximum atomic E-state index is 14.9. The van der Waals surface area contributed by atoms with E-state index in [1.807, 2.05) is 0 Å². The molecule has 0 saturated carbocycles. The summed E-state index contributed by atoms with van der Waals surface area (Å²) in [5.74, 6) is -7.41. The van der Waals surface area contributed by atoms with E-state index in [1.54, 1.807) is 0 Å². The maximum Gasteiger partial charge on any atom is 0.253 e. The third-order valence-electron chi connectivity index (χ3n) is 5.31. The van der Waals surface area contributed by atoms with Crippen LogP contribution in [-0.4, -0.2) is 29.8 Å². The van der Waals surface area contributed by atoms with E-state index in [-0.39, 0.29) is 23.8 Å². The van der Waals surface area contributed by atoms with E-state index in [0.717, 1.165) is 6.08 Å². The van der Waals surface area contributed by atoms with Gasteiger partial charge in [-0.3, -0.25) is 9.59 Å². The van der Waals surface area contributed by atoms with Gasteiger partial charge < -0.3 is 16.0 Å². The van der Waals surface area contributed by atoms with Crippen LogP contribution in [0.25, 0.3) is 0 Å². The first-order valence-corrected chi connectivity index (χ1v) is 8.42. The number of hydrogen-bond acceptors (Lipinski definition) is 3. The fraction of sp³-hybridized carbons (Fsp3) is 0.444. The fourth-order valence-electron chi connectivity index (χ4n) is 4.14. The summed E-state index contributed by atoms with van der Waals surface area (Å²) in [4.78, 5) is 25.0. The second kappa shape index (κ2) is 6.66. The summed E-state index contributed by atoms with van der Waals surface area (Å²) < 4.78 is 44.2. The molecule has 1 saturated heterocycles. The molecule has 26 heavy (non-hydrogen) atoms. The highest BCUT2D eigenvalue weighted by Gasteiger charge is 2.49. The highest BCUT2D eigenvalue weighted by molar-refractivity contribution is 5.97. The molecule has 140 valence electrons. The van der Waals surface area contributed by atoms with Gasteiger partial charge in [-0.2, -0.15) is 0 Å². The first-order chi connectivity index (χ1) is 12.3. The van der Waals surface area contributed by atoms with Gasteiger partial charge in [0, 0.05) is 30.4 Å². The Bertz CT molecular complexity index is 785. The van der Waals surface area contributed by atoms with Crippen LogP contribution in [0.2, 0.25) is 0 Å². The largest absolute Gasteiger partial charge is 0.365 e. The Hall–Kier alpha value is -2.51. The molecule has 0 radical (unpaired) electrons. The lowest BCUT2D eigenvalue weighted by molar-refractivity contribution is -0.128. The van der Waals surface area contributed by atoms with E-state index in [4.69, 9.17) is 5.73 Å². The van der Waals surface area contributed by atoms with Crippen molar-refractivity contribution in [2.75, 3.05) is 13.1 Å². The molecule has 2 aliphatic heterocycles. The number of primary amides is 1. The van der Waals surface area contributed by atoms with Gasteiger partial charge in [-0.05, 0) is 31.8 Å². The van der Waals surface area contributed by atoms with E-state index in [1.165, 1.54) is 11.8 Å². The van der Waals surface area contributed by atoms with Crippen molar-refractivity contribution in [3.63, 3.8) is 0 Å². The van der Waals surface area contributed by atoms with Gasteiger partial charge in [0.15, 0.2) is 5.83 Å². The molecular formula is C18H20F3N3O2. The quantitative estimate of drug-likeness (QED) is 0.752. The minimum Gasteiger partial charge on any atom is -0.365 e. The van der Waals surface area contributed by atoms with Crippen LogP contribution in [0.4, 0.5) is 13.2 Å². The van der Waals surface area contributed by atoms with E-state index in [2.05, 4.69) is 11.9 Å². The summed E-state index contributed by atoms with van der Waals surface area (Å²) in [6.07, 6.45) is 2.25. The molecule has 3 atom stereocenters. The molecule has 0 bridgehead atoms. The van der Waals surface area contributed by atoms with E-state index in [0.29, 0.717) is 19.4 Å². The average molecular weight is 367 g/mol. The standard InChI is InChI=1S/C18H20F3N3O2/c1-3-10(25)24-6-4-5-9(7-24)11-12-14(19)8(2)23-17(12)13(18(22)26)16(21)15(11)20/h3,9,11-12,23H,1,4-7H2,2H3,(H2,22,26)/t9-,11?,12?/m1/s1. The van der Waals surface area contributed by atoms with Gasteiger partial charge >= 0.3 is 0 Å². The van der Waals surface area contributed by atoms with Crippen molar-refractivity contribution in [1.82, 2.24) is 10.2 Å². The highest BCUT2D eigenvalue weighted by Crippen LogP contribution is 2.51. The first-order valence-electron chi connectivity index (χ1n) is 8.42. The zero-order valence-electron chi connectivity index (χ0n) is 14.3. The van der Waals surface area contributed by atoms with Gasteiger partial charge in [-0.25, -0.2) is 13.2 Å². The van der Waals surface area contributed by atoms with Crippen molar-refractivity contribution >= 4 is 11.8 Å². The lowest BCUT2D eigenvalue weighted by Gasteiger charge is -2.40. The molecular weight excluding hydrogens is 347 g/mol. The van der Waals surface area contributed by atoms with E-state index in [9.17, 15) is 22.8 Å². The Balaban J connectivity index is 2.03. The number of piperidine rings is 1. The van der Waals surface area contributed by atoms with Crippen LogP contribution in [0.3, 0.4) is 0 Å². The first kappa shape index (κ1) is 18.3. The number of carbonyl (C=O) groups is 2. The summed E-state index contributed by atoms with van der Waals surface area (Å²) >= 11 is 0. The van der Waals surface area contributed by atoms with Gasteiger partial charge in [0.2, 0.25) is 5.91 Å². The maximum absolute atomic E-state index is 14.9. The fourth-order valence-corrected chi connectivity index (χ4v) is 4.14. The second-order valence-corrected chi connectivity index (χ2v) is 6.81. The zero-order valence-corrected chi connectivity index (χ0v) is 14.3. The van der Waals surface area contributed by atoms with E-state index < -0.39 is 46.7 Å². The van der Waals surface area contributed by atoms with Gasteiger partial charge in [0.05, 0.1) is 11.5 Å². The Labute approximate surface area is 149 Å². The molecule has 2 amide bonds. The number of amides is 2.